The van der Waals surface area contributed by atoms with Crippen molar-refractivity contribution in [3.05, 3.63) is 0 Å². The first-order valence-electron chi connectivity index (χ1n) is 8.11. The maximum atomic E-state index is 13.1. The van der Waals surface area contributed by atoms with Gasteiger partial charge in [0.2, 0.25) is 5.91 Å². The molecule has 0 heterocycles. The van der Waals surface area contributed by atoms with Crippen molar-refractivity contribution in [1.82, 2.24) is 4.90 Å². The molecule has 5 nitrogen and oxygen atoms in total. The van der Waals surface area contributed by atoms with Crippen molar-refractivity contribution in [1.29, 1.82) is 0 Å². The fourth-order valence-corrected chi connectivity index (χ4v) is 3.51. The average molecular weight is 297 g/mol. The van der Waals surface area contributed by atoms with Gasteiger partial charge in [0.25, 0.3) is 0 Å². The quantitative estimate of drug-likeness (QED) is 0.328. The van der Waals surface area contributed by atoms with Crippen LogP contribution in [-0.4, -0.2) is 34.4 Å². The summed E-state index contributed by atoms with van der Waals surface area (Å²) in [6.45, 7) is 11.3. The summed E-state index contributed by atoms with van der Waals surface area (Å²) in [5.41, 5.74) is 5.09. The van der Waals surface area contributed by atoms with Gasteiger partial charge in [-0.1, -0.05) is 39.8 Å². The summed E-state index contributed by atoms with van der Waals surface area (Å²) in [5, 5.41) is 12.2. The molecular formula is C16H31N3O2. The minimum Gasteiger partial charge on any atom is -0.409 e. The van der Waals surface area contributed by atoms with E-state index in [1.54, 1.807) is 0 Å². The van der Waals surface area contributed by atoms with Crippen LogP contribution in [0.15, 0.2) is 5.16 Å². The number of hydrogen-bond acceptors (Lipinski definition) is 3. The molecule has 1 fully saturated rings. The van der Waals surface area contributed by atoms with E-state index in [2.05, 4.69) is 39.8 Å². The molecule has 0 unspecified atom stereocenters. The molecule has 0 spiro atoms. The number of rotatable bonds is 7. The number of oxime groups is 1. The number of nitrogens with zero attached hydrogens (tertiary/aromatic N) is 2. The molecule has 3 N–H and O–H groups in total. The largest absolute Gasteiger partial charge is 0.409 e. The number of carbonyl (C=O) groups excluding carboxylic acids is 1. The van der Waals surface area contributed by atoms with Crippen LogP contribution >= 0.6 is 0 Å². The summed E-state index contributed by atoms with van der Waals surface area (Å²) in [4.78, 5) is 15.1. The lowest BCUT2D eigenvalue weighted by Crippen LogP contribution is -2.60. The predicted octanol–water partition coefficient (Wildman–Crippen LogP) is 2.82. The molecule has 0 radical (unpaired) electrons. The number of nitrogens with two attached hydrogens (primary N) is 1. The molecular weight excluding hydrogens is 266 g/mol. The van der Waals surface area contributed by atoms with E-state index in [0.717, 1.165) is 19.4 Å². The highest BCUT2D eigenvalue weighted by molar-refractivity contribution is 6.07. The van der Waals surface area contributed by atoms with Crippen molar-refractivity contribution in [2.75, 3.05) is 6.54 Å². The molecule has 5 heteroatoms. The topological polar surface area (TPSA) is 78.9 Å². The van der Waals surface area contributed by atoms with Crippen molar-refractivity contribution in [3.8, 4) is 0 Å². The first-order chi connectivity index (χ1) is 9.82. The highest BCUT2D eigenvalue weighted by Gasteiger charge is 2.54. The van der Waals surface area contributed by atoms with Gasteiger partial charge in [-0.2, -0.15) is 0 Å². The first-order valence-corrected chi connectivity index (χ1v) is 8.11. The van der Waals surface area contributed by atoms with E-state index in [1.165, 1.54) is 0 Å². The third kappa shape index (κ3) is 3.50. The lowest BCUT2D eigenvalue weighted by atomic mass is 9.61. The Morgan fingerprint density at radius 2 is 1.90 bits per heavy atom. The fraction of sp³-hybridized carbons (Fsp3) is 0.875. The van der Waals surface area contributed by atoms with E-state index in [-0.39, 0.29) is 17.8 Å². The molecule has 1 aliphatic rings. The van der Waals surface area contributed by atoms with Gasteiger partial charge in [-0.15, -0.1) is 0 Å². The third-order valence-corrected chi connectivity index (χ3v) is 4.61. The Labute approximate surface area is 128 Å². The highest BCUT2D eigenvalue weighted by atomic mass is 16.4. The van der Waals surface area contributed by atoms with Crippen LogP contribution in [0, 0.1) is 17.3 Å². The summed E-state index contributed by atoms with van der Waals surface area (Å²) in [6.07, 6.45) is 3.21. The summed E-state index contributed by atoms with van der Waals surface area (Å²) >= 11 is 0. The van der Waals surface area contributed by atoms with E-state index >= 15 is 0 Å². The Hall–Kier alpha value is -1.26. The maximum Gasteiger partial charge on any atom is 0.236 e. The summed E-state index contributed by atoms with van der Waals surface area (Å²) in [6, 6.07) is 0.221. The number of hydrogen-bond donors (Lipinski definition) is 2. The smallest absolute Gasteiger partial charge is 0.236 e. The van der Waals surface area contributed by atoms with Gasteiger partial charge in [-0.05, 0) is 37.5 Å². The molecule has 0 saturated heterocycles. The molecule has 0 aliphatic heterocycles. The van der Waals surface area contributed by atoms with Crippen LogP contribution in [0.4, 0.5) is 0 Å². The van der Waals surface area contributed by atoms with E-state index in [0.29, 0.717) is 24.7 Å². The van der Waals surface area contributed by atoms with Crippen LogP contribution < -0.4 is 5.73 Å². The van der Waals surface area contributed by atoms with Gasteiger partial charge in [0, 0.05) is 12.6 Å². The minimum atomic E-state index is -0.786. The van der Waals surface area contributed by atoms with Crippen LogP contribution in [0.5, 0.6) is 0 Å². The van der Waals surface area contributed by atoms with Crippen LogP contribution in [0.25, 0.3) is 0 Å². The second-order valence-corrected chi connectivity index (χ2v) is 6.90. The van der Waals surface area contributed by atoms with E-state index in [1.807, 2.05) is 4.90 Å². The van der Waals surface area contributed by atoms with Gasteiger partial charge >= 0.3 is 0 Å². The molecule has 0 aromatic carbocycles. The zero-order valence-corrected chi connectivity index (χ0v) is 14.1. The monoisotopic (exact) mass is 297 g/mol. The van der Waals surface area contributed by atoms with Gasteiger partial charge in [-0.25, -0.2) is 0 Å². The molecule has 0 aromatic rings. The van der Waals surface area contributed by atoms with Crippen molar-refractivity contribution < 1.29 is 10.0 Å². The van der Waals surface area contributed by atoms with Gasteiger partial charge in [0.1, 0.15) is 5.41 Å². The summed E-state index contributed by atoms with van der Waals surface area (Å²) in [5.74, 6) is 0.955. The average Bonchev–Trinajstić information content (AvgIpc) is 2.41. The standard InChI is InChI=1S/C16H31N3O2/c1-6-13(7-2)19(10-11(3)4)15(20)16(14(17)18-21)8-12(5)9-16/h11-13,21H,6-10H2,1-5H3,(H2,17,18). The van der Waals surface area contributed by atoms with Crippen molar-refractivity contribution in [3.63, 3.8) is 0 Å². The van der Waals surface area contributed by atoms with E-state index in [9.17, 15) is 4.79 Å². The van der Waals surface area contributed by atoms with Crippen LogP contribution in [0.1, 0.15) is 60.3 Å². The van der Waals surface area contributed by atoms with E-state index < -0.39 is 5.41 Å². The molecule has 1 aliphatic carbocycles. The Bertz CT molecular complexity index is 383. The zero-order chi connectivity index (χ0) is 16.2. The molecule has 21 heavy (non-hydrogen) atoms. The fourth-order valence-electron chi connectivity index (χ4n) is 3.51. The van der Waals surface area contributed by atoms with Gasteiger partial charge < -0.3 is 15.8 Å². The molecule has 1 rings (SSSR count). The highest BCUT2D eigenvalue weighted by Crippen LogP contribution is 2.47. The molecule has 1 amide bonds. The first kappa shape index (κ1) is 17.8. The minimum absolute atomic E-state index is 0.0401. The van der Waals surface area contributed by atoms with Crippen molar-refractivity contribution in [2.45, 2.75) is 66.3 Å². The second kappa shape index (κ2) is 7.14. The van der Waals surface area contributed by atoms with E-state index in [4.69, 9.17) is 10.9 Å². The van der Waals surface area contributed by atoms with Crippen molar-refractivity contribution in [2.24, 2.45) is 28.1 Å². The number of amidine groups is 1. The molecule has 1 saturated carbocycles. The van der Waals surface area contributed by atoms with Gasteiger partial charge in [-0.3, -0.25) is 4.79 Å². The van der Waals surface area contributed by atoms with Gasteiger partial charge in [0.05, 0.1) is 0 Å². The zero-order valence-electron chi connectivity index (χ0n) is 14.1. The number of carbonyl (C=O) groups is 1. The number of amides is 1. The second-order valence-electron chi connectivity index (χ2n) is 6.90. The third-order valence-electron chi connectivity index (χ3n) is 4.61. The van der Waals surface area contributed by atoms with Crippen LogP contribution in [0.3, 0.4) is 0 Å². The molecule has 0 aromatic heterocycles. The lowest BCUT2D eigenvalue weighted by Gasteiger charge is -2.48. The SMILES string of the molecule is CCC(CC)N(CC(C)C)C(=O)C1(C(N)=NO)CC(C)C1. The van der Waals surface area contributed by atoms with Crippen molar-refractivity contribution >= 4 is 11.7 Å². The normalized spacial score (nSPS) is 26.0. The lowest BCUT2D eigenvalue weighted by molar-refractivity contribution is -0.147. The van der Waals surface area contributed by atoms with Gasteiger partial charge in [0.15, 0.2) is 5.84 Å². The molecule has 122 valence electrons. The molecule has 0 atom stereocenters. The predicted molar refractivity (Wildman–Crippen MR) is 85.2 cm³/mol. The maximum absolute atomic E-state index is 13.1. The van der Waals surface area contributed by atoms with Crippen LogP contribution in [-0.2, 0) is 4.79 Å². The Morgan fingerprint density at radius 3 is 2.24 bits per heavy atom. The Kier molecular flexibility index (Phi) is 6.05. The van der Waals surface area contributed by atoms with Crippen LogP contribution in [0.2, 0.25) is 0 Å². The Balaban J connectivity index is 3.07. The summed E-state index contributed by atoms with van der Waals surface area (Å²) in [7, 11) is 0. The summed E-state index contributed by atoms with van der Waals surface area (Å²) < 4.78 is 0. The molecule has 0 bridgehead atoms. The Morgan fingerprint density at radius 1 is 1.38 bits per heavy atom.